The van der Waals surface area contributed by atoms with E-state index in [1.54, 1.807) is 11.3 Å². The van der Waals surface area contributed by atoms with E-state index in [0.717, 1.165) is 44.2 Å². The molecule has 0 saturated heterocycles. The SMILES string of the molecule is c1ccc(-c2nc(-c3ccc4c(c3)sc3ccccc34)nc(-c3cccc4c3oc3c(-c5cccc6c5sc5ccccc56)cccc34)n2)cc1. The van der Waals surface area contributed by atoms with Gasteiger partial charge in [-0.25, -0.2) is 15.0 Å². The number of hydrogen-bond acceptors (Lipinski definition) is 6. The van der Waals surface area contributed by atoms with Gasteiger partial charge in [-0.1, -0.05) is 127 Å². The molecule has 0 aliphatic carbocycles. The van der Waals surface area contributed by atoms with Gasteiger partial charge in [-0.2, -0.15) is 0 Å². The summed E-state index contributed by atoms with van der Waals surface area (Å²) >= 11 is 3.62. The van der Waals surface area contributed by atoms with Crippen molar-refractivity contribution in [2.75, 3.05) is 0 Å². The van der Waals surface area contributed by atoms with E-state index in [4.69, 9.17) is 19.4 Å². The quantitative estimate of drug-likeness (QED) is 0.185. The number of rotatable bonds is 4. The molecule has 0 saturated carbocycles. The number of benzene rings is 7. The van der Waals surface area contributed by atoms with E-state index >= 15 is 0 Å². The van der Waals surface area contributed by atoms with Crippen LogP contribution in [0, 0.1) is 0 Å². The summed E-state index contributed by atoms with van der Waals surface area (Å²) in [5, 5.41) is 7.15. The molecule has 4 aromatic heterocycles. The van der Waals surface area contributed by atoms with Gasteiger partial charge in [-0.3, -0.25) is 0 Å². The molecular weight excluding hydrogens is 663 g/mol. The summed E-state index contributed by atoms with van der Waals surface area (Å²) in [4.78, 5) is 15.3. The average Bonchev–Trinajstić information content (AvgIpc) is 3.89. The van der Waals surface area contributed by atoms with Crippen LogP contribution in [0.5, 0.6) is 0 Å². The molecule has 4 heterocycles. The minimum Gasteiger partial charge on any atom is -0.455 e. The number of furan rings is 1. The topological polar surface area (TPSA) is 51.8 Å². The predicted molar refractivity (Wildman–Crippen MR) is 215 cm³/mol. The Balaban J connectivity index is 1.13. The standard InChI is InChI=1S/C45H25N3OS2/c1-2-11-26(12-3-1)43-46-44(27-23-24-30-28-13-4-6-21-37(28)50-39(30)25-27)48-45(47-43)36-20-9-16-32-31-15-8-17-33(40(31)49-41(32)36)35-19-10-18-34-29-14-5-7-22-38(29)51-42(34)35/h1-25H. The summed E-state index contributed by atoms with van der Waals surface area (Å²) in [7, 11) is 0. The summed E-state index contributed by atoms with van der Waals surface area (Å²) < 4.78 is 12.0. The number of hydrogen-bond donors (Lipinski definition) is 0. The lowest BCUT2D eigenvalue weighted by Gasteiger charge is -2.09. The average molecular weight is 688 g/mol. The fourth-order valence-electron chi connectivity index (χ4n) is 7.37. The highest BCUT2D eigenvalue weighted by molar-refractivity contribution is 7.26. The fraction of sp³-hybridized carbons (Fsp3) is 0. The van der Waals surface area contributed by atoms with Gasteiger partial charge in [-0.05, 0) is 24.3 Å². The van der Waals surface area contributed by atoms with Gasteiger partial charge in [0.1, 0.15) is 11.2 Å². The summed E-state index contributed by atoms with van der Waals surface area (Å²) in [5.74, 6) is 1.83. The molecule has 11 rings (SSSR count). The Morgan fingerprint density at radius 3 is 1.69 bits per heavy atom. The first-order valence-electron chi connectivity index (χ1n) is 16.9. The van der Waals surface area contributed by atoms with Crippen LogP contribution >= 0.6 is 22.7 Å². The van der Waals surface area contributed by atoms with Crippen molar-refractivity contribution in [3.8, 4) is 45.3 Å². The molecule has 0 unspecified atom stereocenters. The highest BCUT2D eigenvalue weighted by atomic mass is 32.1. The molecule has 0 amide bonds. The van der Waals surface area contributed by atoms with Crippen molar-refractivity contribution in [2.24, 2.45) is 0 Å². The minimum atomic E-state index is 0.577. The third-order valence-corrected chi connectivity index (χ3v) is 12.1. The van der Waals surface area contributed by atoms with Gasteiger partial charge in [0.05, 0.1) is 5.56 Å². The molecule has 0 atom stereocenters. The molecule has 11 aromatic rings. The van der Waals surface area contributed by atoms with Crippen LogP contribution in [-0.2, 0) is 0 Å². The molecule has 51 heavy (non-hydrogen) atoms. The minimum absolute atomic E-state index is 0.577. The van der Waals surface area contributed by atoms with Crippen LogP contribution in [0.1, 0.15) is 0 Å². The number of nitrogens with zero attached hydrogens (tertiary/aromatic N) is 3. The van der Waals surface area contributed by atoms with Crippen LogP contribution in [0.3, 0.4) is 0 Å². The van der Waals surface area contributed by atoms with Gasteiger partial charge < -0.3 is 4.42 Å². The maximum atomic E-state index is 6.93. The van der Waals surface area contributed by atoms with Crippen LogP contribution in [0.25, 0.3) is 108 Å². The summed E-state index contributed by atoms with van der Waals surface area (Å²) in [6.07, 6.45) is 0. The highest BCUT2D eigenvalue weighted by Gasteiger charge is 2.21. The first-order chi connectivity index (χ1) is 25.3. The van der Waals surface area contributed by atoms with Crippen LogP contribution < -0.4 is 0 Å². The van der Waals surface area contributed by atoms with Crippen molar-refractivity contribution < 1.29 is 4.42 Å². The highest BCUT2D eigenvalue weighted by Crippen LogP contribution is 2.45. The van der Waals surface area contributed by atoms with Gasteiger partial charge in [-0.15, -0.1) is 22.7 Å². The van der Waals surface area contributed by atoms with Crippen LogP contribution in [0.15, 0.2) is 156 Å². The Morgan fingerprint density at radius 1 is 0.353 bits per heavy atom. The summed E-state index contributed by atoms with van der Waals surface area (Å²) in [6.45, 7) is 0. The van der Waals surface area contributed by atoms with Crippen molar-refractivity contribution in [1.82, 2.24) is 15.0 Å². The molecule has 0 bridgehead atoms. The summed E-state index contributed by atoms with van der Waals surface area (Å²) in [6, 6.07) is 53.1. The molecule has 6 heteroatoms. The first kappa shape index (κ1) is 28.6. The lowest BCUT2D eigenvalue weighted by molar-refractivity contribution is 0.670. The van der Waals surface area contributed by atoms with E-state index in [9.17, 15) is 0 Å². The van der Waals surface area contributed by atoms with E-state index in [1.165, 1.54) is 45.9 Å². The van der Waals surface area contributed by atoms with Crippen molar-refractivity contribution in [1.29, 1.82) is 0 Å². The van der Waals surface area contributed by atoms with Gasteiger partial charge in [0.25, 0.3) is 0 Å². The normalized spacial score (nSPS) is 11.9. The van der Waals surface area contributed by atoms with E-state index in [-0.39, 0.29) is 0 Å². The molecule has 0 radical (unpaired) electrons. The maximum absolute atomic E-state index is 6.93. The Bertz CT molecular complexity index is 3160. The second-order valence-corrected chi connectivity index (χ2v) is 14.9. The van der Waals surface area contributed by atoms with Crippen LogP contribution in [0.4, 0.5) is 0 Å². The first-order valence-corrected chi connectivity index (χ1v) is 18.5. The van der Waals surface area contributed by atoms with Gasteiger partial charge >= 0.3 is 0 Å². The number of thiophene rings is 2. The van der Waals surface area contributed by atoms with E-state index in [1.807, 2.05) is 41.7 Å². The lowest BCUT2D eigenvalue weighted by atomic mass is 10.00. The Kier molecular flexibility index (Phi) is 6.26. The molecule has 0 N–H and O–H groups in total. The van der Waals surface area contributed by atoms with Crippen molar-refractivity contribution in [3.63, 3.8) is 0 Å². The maximum Gasteiger partial charge on any atom is 0.167 e. The Morgan fingerprint density at radius 2 is 0.902 bits per heavy atom. The monoisotopic (exact) mass is 687 g/mol. The third-order valence-electron chi connectivity index (χ3n) is 9.76. The van der Waals surface area contributed by atoms with Crippen LogP contribution in [0.2, 0.25) is 0 Å². The summed E-state index contributed by atoms with van der Waals surface area (Å²) in [5.41, 5.74) is 6.58. The molecule has 238 valence electrons. The fourth-order valence-corrected chi connectivity index (χ4v) is 9.75. The largest absolute Gasteiger partial charge is 0.455 e. The van der Waals surface area contributed by atoms with E-state index in [2.05, 4.69) is 121 Å². The Labute approximate surface area is 299 Å². The lowest BCUT2D eigenvalue weighted by Crippen LogP contribution is -2.00. The van der Waals surface area contributed by atoms with Gasteiger partial charge in [0, 0.05) is 73.4 Å². The van der Waals surface area contributed by atoms with Gasteiger partial charge in [0.2, 0.25) is 0 Å². The second-order valence-electron chi connectivity index (χ2n) is 12.7. The number of para-hydroxylation sites is 2. The van der Waals surface area contributed by atoms with Crippen molar-refractivity contribution in [2.45, 2.75) is 0 Å². The van der Waals surface area contributed by atoms with Crippen molar-refractivity contribution in [3.05, 3.63) is 152 Å². The van der Waals surface area contributed by atoms with E-state index in [0.29, 0.717) is 17.5 Å². The zero-order valence-corrected chi connectivity index (χ0v) is 28.6. The van der Waals surface area contributed by atoms with Crippen LogP contribution in [-0.4, -0.2) is 15.0 Å². The third kappa shape index (κ3) is 4.47. The molecule has 0 aliphatic heterocycles. The second kappa shape index (κ2) is 11.2. The Hall–Kier alpha value is -6.21. The molecule has 0 fully saturated rings. The molecule has 4 nitrogen and oxygen atoms in total. The van der Waals surface area contributed by atoms with Gasteiger partial charge in [0.15, 0.2) is 17.5 Å². The zero-order valence-electron chi connectivity index (χ0n) is 27.0. The molecule has 0 aliphatic rings. The molecule has 0 spiro atoms. The van der Waals surface area contributed by atoms with Crippen molar-refractivity contribution >= 4 is 85.0 Å². The van der Waals surface area contributed by atoms with E-state index < -0.39 is 0 Å². The molecule has 7 aromatic carbocycles. The predicted octanol–water partition coefficient (Wildman–Crippen LogP) is 13.2. The smallest absolute Gasteiger partial charge is 0.167 e. The number of aromatic nitrogens is 3. The number of fused-ring (bicyclic) bond motifs is 9. The zero-order chi connectivity index (χ0) is 33.5. The molecular formula is C45H25N3OS2.